The minimum atomic E-state index is -0.445. The molecule has 0 saturated carbocycles. The topological polar surface area (TPSA) is 72.7 Å². The summed E-state index contributed by atoms with van der Waals surface area (Å²) in [6.45, 7) is 4.44. The van der Waals surface area contributed by atoms with Crippen molar-refractivity contribution in [2.45, 2.75) is 25.5 Å². The van der Waals surface area contributed by atoms with Gasteiger partial charge in [-0.05, 0) is 43.7 Å². The van der Waals surface area contributed by atoms with E-state index in [2.05, 4.69) is 20.5 Å². The number of nitrogens with one attached hydrogen (secondary N) is 1. The molecule has 0 spiro atoms. The van der Waals surface area contributed by atoms with Crippen molar-refractivity contribution in [3.05, 3.63) is 54.1 Å². The molecule has 1 aromatic carbocycles. The number of rotatable bonds is 6. The fourth-order valence-corrected chi connectivity index (χ4v) is 3.23. The van der Waals surface area contributed by atoms with Crippen molar-refractivity contribution in [1.82, 2.24) is 19.7 Å². The highest BCUT2D eigenvalue weighted by Gasteiger charge is 2.15. The standard InChI is InChI=1S/C18H18FN5OS/c1-3-24-17(13-5-4-8-20-10-13)22-23-18(24)26-11-16(25)21-15-7-6-12(2)9-14(15)19/h4-10H,3,11H2,1-2H3,(H,21,25). The first-order chi connectivity index (χ1) is 12.6. The van der Waals surface area contributed by atoms with E-state index >= 15 is 0 Å². The molecule has 2 heterocycles. The number of benzene rings is 1. The predicted molar refractivity (Wildman–Crippen MR) is 99.4 cm³/mol. The first-order valence-electron chi connectivity index (χ1n) is 8.11. The second-order valence-electron chi connectivity index (χ2n) is 5.61. The third kappa shape index (κ3) is 4.08. The van der Waals surface area contributed by atoms with Crippen LogP contribution in [0.5, 0.6) is 0 Å². The summed E-state index contributed by atoms with van der Waals surface area (Å²) in [6, 6.07) is 8.43. The van der Waals surface area contributed by atoms with Gasteiger partial charge in [-0.15, -0.1) is 10.2 Å². The second kappa shape index (κ2) is 8.09. The molecule has 0 aliphatic heterocycles. The Morgan fingerprint density at radius 1 is 1.31 bits per heavy atom. The molecule has 1 amide bonds. The Balaban J connectivity index is 1.68. The number of anilines is 1. The van der Waals surface area contributed by atoms with Crippen molar-refractivity contribution in [2.24, 2.45) is 0 Å². The summed E-state index contributed by atoms with van der Waals surface area (Å²) in [4.78, 5) is 16.2. The second-order valence-corrected chi connectivity index (χ2v) is 6.55. The van der Waals surface area contributed by atoms with Gasteiger partial charge in [0.2, 0.25) is 5.91 Å². The molecule has 6 nitrogen and oxygen atoms in total. The highest BCUT2D eigenvalue weighted by Crippen LogP contribution is 2.23. The number of thioether (sulfide) groups is 1. The molecule has 0 aliphatic carbocycles. The van der Waals surface area contributed by atoms with Gasteiger partial charge in [0.1, 0.15) is 5.82 Å². The van der Waals surface area contributed by atoms with Gasteiger partial charge in [-0.25, -0.2) is 4.39 Å². The Morgan fingerprint density at radius 3 is 2.85 bits per heavy atom. The average Bonchev–Trinajstić information content (AvgIpc) is 3.06. The summed E-state index contributed by atoms with van der Waals surface area (Å²) in [5.74, 6) is 0.0664. The molecule has 2 aromatic heterocycles. The smallest absolute Gasteiger partial charge is 0.234 e. The zero-order valence-electron chi connectivity index (χ0n) is 14.4. The van der Waals surface area contributed by atoms with Gasteiger partial charge in [-0.3, -0.25) is 9.78 Å². The van der Waals surface area contributed by atoms with Gasteiger partial charge in [-0.1, -0.05) is 17.8 Å². The van der Waals surface area contributed by atoms with Crippen molar-refractivity contribution in [2.75, 3.05) is 11.1 Å². The summed E-state index contributed by atoms with van der Waals surface area (Å²) in [5, 5.41) is 11.6. The molecular formula is C18H18FN5OS. The summed E-state index contributed by atoms with van der Waals surface area (Å²) < 4.78 is 15.7. The van der Waals surface area contributed by atoms with E-state index in [4.69, 9.17) is 0 Å². The van der Waals surface area contributed by atoms with Crippen LogP contribution in [0.4, 0.5) is 10.1 Å². The van der Waals surface area contributed by atoms with Crippen LogP contribution >= 0.6 is 11.8 Å². The summed E-state index contributed by atoms with van der Waals surface area (Å²) in [5.41, 5.74) is 1.84. The van der Waals surface area contributed by atoms with E-state index in [1.807, 2.05) is 23.6 Å². The fraction of sp³-hybridized carbons (Fsp3) is 0.222. The van der Waals surface area contributed by atoms with Crippen molar-refractivity contribution >= 4 is 23.4 Å². The molecule has 134 valence electrons. The Hall–Kier alpha value is -2.74. The monoisotopic (exact) mass is 371 g/mol. The summed E-state index contributed by atoms with van der Waals surface area (Å²) in [7, 11) is 0. The van der Waals surface area contributed by atoms with Gasteiger partial charge in [0.05, 0.1) is 11.4 Å². The molecule has 0 saturated heterocycles. The average molecular weight is 371 g/mol. The van der Waals surface area contributed by atoms with Crippen LogP contribution < -0.4 is 5.32 Å². The van der Waals surface area contributed by atoms with Crippen LogP contribution in [0.15, 0.2) is 47.9 Å². The molecule has 8 heteroatoms. The molecule has 3 aromatic rings. The number of pyridine rings is 1. The van der Waals surface area contributed by atoms with Crippen LogP contribution in [-0.4, -0.2) is 31.4 Å². The summed E-state index contributed by atoms with van der Waals surface area (Å²) >= 11 is 1.26. The molecule has 0 bridgehead atoms. The number of nitrogens with zero attached hydrogens (tertiary/aromatic N) is 4. The van der Waals surface area contributed by atoms with Gasteiger partial charge in [0.25, 0.3) is 0 Å². The molecule has 0 aliphatic rings. The normalized spacial score (nSPS) is 10.7. The lowest BCUT2D eigenvalue weighted by molar-refractivity contribution is -0.113. The summed E-state index contributed by atoms with van der Waals surface area (Å²) in [6.07, 6.45) is 3.41. The lowest BCUT2D eigenvalue weighted by atomic mass is 10.2. The van der Waals surface area contributed by atoms with Crippen molar-refractivity contribution < 1.29 is 9.18 Å². The Morgan fingerprint density at radius 2 is 2.15 bits per heavy atom. The first-order valence-corrected chi connectivity index (χ1v) is 9.09. The number of hydrogen-bond donors (Lipinski definition) is 1. The third-order valence-electron chi connectivity index (χ3n) is 3.68. The van der Waals surface area contributed by atoms with E-state index in [0.717, 1.165) is 11.1 Å². The number of carbonyl (C=O) groups excluding carboxylic acids is 1. The van der Waals surface area contributed by atoms with E-state index in [1.165, 1.54) is 17.8 Å². The third-order valence-corrected chi connectivity index (χ3v) is 4.65. The maximum absolute atomic E-state index is 13.8. The van der Waals surface area contributed by atoms with Gasteiger partial charge in [0, 0.05) is 24.5 Å². The molecule has 26 heavy (non-hydrogen) atoms. The minimum absolute atomic E-state index is 0.110. The molecule has 0 unspecified atom stereocenters. The fourth-order valence-electron chi connectivity index (χ4n) is 2.43. The van der Waals surface area contributed by atoms with Crippen LogP contribution in [0.25, 0.3) is 11.4 Å². The Kier molecular flexibility index (Phi) is 5.62. The SMILES string of the molecule is CCn1c(SCC(=O)Nc2ccc(C)cc2F)nnc1-c1cccnc1. The van der Waals surface area contributed by atoms with E-state index in [1.54, 1.807) is 31.5 Å². The first kappa shape index (κ1) is 18.1. The quantitative estimate of drug-likeness (QED) is 0.671. The molecule has 0 atom stereocenters. The lowest BCUT2D eigenvalue weighted by Gasteiger charge is -2.08. The number of aryl methyl sites for hydroxylation is 1. The van der Waals surface area contributed by atoms with Crippen LogP contribution in [0, 0.1) is 12.7 Å². The van der Waals surface area contributed by atoms with Crippen molar-refractivity contribution in [3.63, 3.8) is 0 Å². The van der Waals surface area contributed by atoms with Gasteiger partial charge >= 0.3 is 0 Å². The largest absolute Gasteiger partial charge is 0.323 e. The number of halogens is 1. The molecule has 3 rings (SSSR count). The van der Waals surface area contributed by atoms with Crippen molar-refractivity contribution in [1.29, 1.82) is 0 Å². The van der Waals surface area contributed by atoms with Crippen molar-refractivity contribution in [3.8, 4) is 11.4 Å². The Labute approximate surface area is 154 Å². The molecular weight excluding hydrogens is 353 g/mol. The lowest BCUT2D eigenvalue weighted by Crippen LogP contribution is -2.15. The van der Waals surface area contributed by atoms with Crippen LogP contribution in [0.1, 0.15) is 12.5 Å². The zero-order chi connectivity index (χ0) is 18.5. The Bertz CT molecular complexity index is 913. The van der Waals surface area contributed by atoms with Gasteiger partial charge in [-0.2, -0.15) is 0 Å². The predicted octanol–water partition coefficient (Wildman–Crippen LogP) is 3.54. The van der Waals surface area contributed by atoms with Gasteiger partial charge in [0.15, 0.2) is 11.0 Å². The number of hydrogen-bond acceptors (Lipinski definition) is 5. The number of carbonyl (C=O) groups is 1. The molecule has 0 fully saturated rings. The van der Waals surface area contributed by atoms with Gasteiger partial charge < -0.3 is 9.88 Å². The van der Waals surface area contributed by atoms with E-state index in [9.17, 15) is 9.18 Å². The van der Waals surface area contributed by atoms with Crippen LogP contribution in [0.3, 0.4) is 0 Å². The minimum Gasteiger partial charge on any atom is -0.323 e. The van der Waals surface area contributed by atoms with Crippen LogP contribution in [-0.2, 0) is 11.3 Å². The number of aromatic nitrogens is 4. The zero-order valence-corrected chi connectivity index (χ0v) is 15.3. The molecule has 0 radical (unpaired) electrons. The van der Waals surface area contributed by atoms with E-state index in [0.29, 0.717) is 17.5 Å². The van der Waals surface area contributed by atoms with E-state index in [-0.39, 0.29) is 17.3 Å². The molecule has 1 N–H and O–H groups in total. The number of amides is 1. The van der Waals surface area contributed by atoms with Crippen LogP contribution in [0.2, 0.25) is 0 Å². The highest BCUT2D eigenvalue weighted by molar-refractivity contribution is 7.99. The maximum atomic E-state index is 13.8. The van der Waals surface area contributed by atoms with E-state index < -0.39 is 5.82 Å². The maximum Gasteiger partial charge on any atom is 0.234 e. The highest BCUT2D eigenvalue weighted by atomic mass is 32.2.